The summed E-state index contributed by atoms with van der Waals surface area (Å²) in [6, 6.07) is 9.10. The zero-order chi connectivity index (χ0) is 14.9. The summed E-state index contributed by atoms with van der Waals surface area (Å²) in [5.74, 6) is 0.693. The lowest BCUT2D eigenvalue weighted by Crippen LogP contribution is -2.59. The maximum Gasteiger partial charge on any atom is 0.317 e. The summed E-state index contributed by atoms with van der Waals surface area (Å²) in [7, 11) is 0. The van der Waals surface area contributed by atoms with E-state index in [0.717, 1.165) is 32.5 Å². The largest absolute Gasteiger partial charge is 0.334 e. The second kappa shape index (κ2) is 5.92. The van der Waals surface area contributed by atoms with Crippen LogP contribution in [0, 0.1) is 5.92 Å². The van der Waals surface area contributed by atoms with E-state index in [1.807, 2.05) is 4.90 Å². The number of piperidine rings is 3. The first-order valence-electron chi connectivity index (χ1n) is 8.64. The Morgan fingerprint density at radius 1 is 1.00 bits per heavy atom. The van der Waals surface area contributed by atoms with Crippen LogP contribution >= 0.6 is 0 Å². The van der Waals surface area contributed by atoms with Gasteiger partial charge in [-0.3, -0.25) is 0 Å². The van der Waals surface area contributed by atoms with Gasteiger partial charge in [-0.2, -0.15) is 0 Å². The van der Waals surface area contributed by atoms with Crippen molar-refractivity contribution in [2.45, 2.75) is 31.7 Å². The number of fused-ring (bicyclic) bond motifs is 4. The highest BCUT2D eigenvalue weighted by atomic mass is 16.2. The van der Waals surface area contributed by atoms with E-state index in [1.165, 1.54) is 37.1 Å². The SMILES string of the molecule is O=C(N[C@H]1CN2CCC1CC2)N1CCc2ccccc2CC1. The molecule has 1 aromatic carbocycles. The lowest BCUT2D eigenvalue weighted by molar-refractivity contribution is 0.0731. The molecular weight excluding hydrogens is 274 g/mol. The minimum Gasteiger partial charge on any atom is -0.334 e. The Balaban J connectivity index is 1.37. The van der Waals surface area contributed by atoms with Crippen molar-refractivity contribution in [1.82, 2.24) is 15.1 Å². The van der Waals surface area contributed by atoms with Gasteiger partial charge < -0.3 is 15.1 Å². The maximum atomic E-state index is 12.6. The van der Waals surface area contributed by atoms with Gasteiger partial charge in [-0.05, 0) is 55.8 Å². The van der Waals surface area contributed by atoms with Crippen LogP contribution in [-0.2, 0) is 12.8 Å². The molecule has 2 amide bonds. The standard InChI is InChI=1S/C18H25N3O/c22-18(19-17-13-20-9-5-16(17)6-10-20)21-11-7-14-3-1-2-4-15(14)8-12-21/h1-4,16-17H,5-13H2,(H,19,22)/t17-/m0/s1. The number of nitrogens with zero attached hydrogens (tertiary/aromatic N) is 2. The van der Waals surface area contributed by atoms with Gasteiger partial charge in [-0.1, -0.05) is 24.3 Å². The van der Waals surface area contributed by atoms with Gasteiger partial charge in [-0.25, -0.2) is 4.79 Å². The number of rotatable bonds is 1. The molecule has 1 aromatic rings. The summed E-state index contributed by atoms with van der Waals surface area (Å²) in [6.07, 6.45) is 4.44. The van der Waals surface area contributed by atoms with E-state index < -0.39 is 0 Å². The smallest absolute Gasteiger partial charge is 0.317 e. The summed E-state index contributed by atoms with van der Waals surface area (Å²) >= 11 is 0. The van der Waals surface area contributed by atoms with E-state index in [1.54, 1.807) is 0 Å². The molecule has 2 bridgehead atoms. The number of nitrogens with one attached hydrogen (secondary N) is 1. The van der Waals surface area contributed by atoms with Gasteiger partial charge >= 0.3 is 6.03 Å². The first-order chi connectivity index (χ1) is 10.8. The predicted molar refractivity (Wildman–Crippen MR) is 86.9 cm³/mol. The van der Waals surface area contributed by atoms with Crippen LogP contribution in [0.2, 0.25) is 0 Å². The molecule has 0 aromatic heterocycles. The van der Waals surface area contributed by atoms with Crippen molar-refractivity contribution >= 4 is 6.03 Å². The fraction of sp³-hybridized carbons (Fsp3) is 0.611. The molecule has 3 fully saturated rings. The first-order valence-corrected chi connectivity index (χ1v) is 8.64. The topological polar surface area (TPSA) is 35.6 Å². The molecule has 0 radical (unpaired) electrons. The number of carbonyl (C=O) groups is 1. The average molecular weight is 299 g/mol. The fourth-order valence-electron chi connectivity index (χ4n) is 4.25. The number of hydrogen-bond acceptors (Lipinski definition) is 2. The Kier molecular flexibility index (Phi) is 3.78. The van der Waals surface area contributed by atoms with Gasteiger partial charge in [0.2, 0.25) is 0 Å². The molecule has 0 unspecified atom stereocenters. The van der Waals surface area contributed by atoms with Gasteiger partial charge in [-0.15, -0.1) is 0 Å². The molecule has 22 heavy (non-hydrogen) atoms. The normalized spacial score (nSPS) is 30.5. The van der Waals surface area contributed by atoms with Gasteiger partial charge in [0.15, 0.2) is 0 Å². The van der Waals surface area contributed by atoms with Crippen molar-refractivity contribution in [2.24, 2.45) is 5.92 Å². The van der Waals surface area contributed by atoms with Crippen molar-refractivity contribution in [3.63, 3.8) is 0 Å². The maximum absolute atomic E-state index is 12.6. The van der Waals surface area contributed by atoms with E-state index >= 15 is 0 Å². The molecule has 1 atom stereocenters. The Morgan fingerprint density at radius 2 is 1.64 bits per heavy atom. The quantitative estimate of drug-likeness (QED) is 0.859. The fourth-order valence-corrected chi connectivity index (χ4v) is 4.25. The van der Waals surface area contributed by atoms with Crippen LogP contribution in [0.3, 0.4) is 0 Å². The van der Waals surface area contributed by atoms with Gasteiger partial charge in [0, 0.05) is 25.7 Å². The minimum atomic E-state index is 0.145. The molecule has 0 saturated carbocycles. The molecule has 0 spiro atoms. The first kappa shape index (κ1) is 14.1. The zero-order valence-electron chi connectivity index (χ0n) is 13.1. The lowest BCUT2D eigenvalue weighted by atomic mass is 9.84. The molecule has 5 rings (SSSR count). The molecule has 0 aliphatic carbocycles. The van der Waals surface area contributed by atoms with E-state index in [9.17, 15) is 4.79 Å². The van der Waals surface area contributed by atoms with Gasteiger partial charge in [0.05, 0.1) is 0 Å². The van der Waals surface area contributed by atoms with Crippen LogP contribution in [0.5, 0.6) is 0 Å². The minimum absolute atomic E-state index is 0.145. The van der Waals surface area contributed by atoms with Crippen LogP contribution in [0.15, 0.2) is 24.3 Å². The summed E-state index contributed by atoms with van der Waals surface area (Å²) in [6.45, 7) is 5.16. The summed E-state index contributed by atoms with van der Waals surface area (Å²) in [5, 5.41) is 3.32. The molecule has 3 saturated heterocycles. The van der Waals surface area contributed by atoms with Crippen molar-refractivity contribution in [3.8, 4) is 0 Å². The Morgan fingerprint density at radius 3 is 2.18 bits per heavy atom. The van der Waals surface area contributed by atoms with E-state index in [0.29, 0.717) is 12.0 Å². The number of carbonyl (C=O) groups excluding carboxylic acids is 1. The van der Waals surface area contributed by atoms with Crippen LogP contribution in [0.25, 0.3) is 0 Å². The van der Waals surface area contributed by atoms with Crippen LogP contribution < -0.4 is 5.32 Å². The van der Waals surface area contributed by atoms with Gasteiger partial charge in [0.25, 0.3) is 0 Å². The van der Waals surface area contributed by atoms with Crippen LogP contribution in [0.1, 0.15) is 24.0 Å². The summed E-state index contributed by atoms with van der Waals surface area (Å²) < 4.78 is 0. The highest BCUT2D eigenvalue weighted by Gasteiger charge is 2.35. The Bertz CT molecular complexity index is 524. The zero-order valence-corrected chi connectivity index (χ0v) is 13.1. The number of benzene rings is 1. The lowest BCUT2D eigenvalue weighted by Gasteiger charge is -2.45. The average Bonchev–Trinajstić information content (AvgIpc) is 2.78. The van der Waals surface area contributed by atoms with Crippen molar-refractivity contribution in [3.05, 3.63) is 35.4 Å². The van der Waals surface area contributed by atoms with E-state index in [2.05, 4.69) is 34.5 Å². The molecule has 4 aliphatic heterocycles. The monoisotopic (exact) mass is 299 g/mol. The third kappa shape index (κ3) is 2.72. The number of amides is 2. The van der Waals surface area contributed by atoms with E-state index in [-0.39, 0.29) is 6.03 Å². The molecule has 4 heteroatoms. The molecular formula is C18H25N3O. The summed E-state index contributed by atoms with van der Waals surface area (Å²) in [5.41, 5.74) is 2.81. The van der Waals surface area contributed by atoms with Crippen LogP contribution in [-0.4, -0.2) is 54.6 Å². The van der Waals surface area contributed by atoms with Crippen LogP contribution in [0.4, 0.5) is 4.79 Å². The van der Waals surface area contributed by atoms with Crippen molar-refractivity contribution < 1.29 is 4.79 Å². The second-order valence-corrected chi connectivity index (χ2v) is 6.95. The highest BCUT2D eigenvalue weighted by Crippen LogP contribution is 2.27. The number of urea groups is 1. The van der Waals surface area contributed by atoms with Crippen molar-refractivity contribution in [1.29, 1.82) is 0 Å². The summed E-state index contributed by atoms with van der Waals surface area (Å²) in [4.78, 5) is 17.1. The molecule has 4 heterocycles. The van der Waals surface area contributed by atoms with E-state index in [4.69, 9.17) is 0 Å². The van der Waals surface area contributed by atoms with Crippen molar-refractivity contribution in [2.75, 3.05) is 32.7 Å². The second-order valence-electron chi connectivity index (χ2n) is 6.95. The molecule has 1 N–H and O–H groups in total. The molecule has 118 valence electrons. The predicted octanol–water partition coefficient (Wildman–Crippen LogP) is 1.89. The highest BCUT2D eigenvalue weighted by molar-refractivity contribution is 5.74. The Labute approximate surface area is 132 Å². The third-order valence-electron chi connectivity index (χ3n) is 5.67. The molecule has 4 aliphatic rings. The number of hydrogen-bond donors (Lipinski definition) is 1. The third-order valence-corrected chi connectivity index (χ3v) is 5.67. The molecule has 4 nitrogen and oxygen atoms in total. The Hall–Kier alpha value is -1.55. The van der Waals surface area contributed by atoms with Gasteiger partial charge in [0.1, 0.15) is 0 Å².